The first kappa shape index (κ1) is 24.7. The molecule has 4 aromatic heterocycles. The first-order chi connectivity index (χ1) is 18.9. The van der Waals surface area contributed by atoms with E-state index < -0.39 is 0 Å². The third-order valence-electron chi connectivity index (χ3n) is 6.42. The first-order valence-corrected chi connectivity index (χ1v) is 12.2. The van der Waals surface area contributed by atoms with Crippen molar-refractivity contribution in [3.8, 4) is 22.5 Å². The molecule has 1 radical (unpaired) electrons. The zero-order valence-electron chi connectivity index (χ0n) is 20.5. The van der Waals surface area contributed by atoms with Crippen LogP contribution in [0.25, 0.3) is 66.3 Å². The summed E-state index contributed by atoms with van der Waals surface area (Å²) in [6.07, 6.45) is 5.00. The molecule has 39 heavy (non-hydrogen) atoms. The summed E-state index contributed by atoms with van der Waals surface area (Å²) in [5.74, 6) is 0. The third-order valence-corrected chi connectivity index (χ3v) is 6.42. The molecule has 4 aromatic carbocycles. The van der Waals surface area contributed by atoms with Crippen molar-refractivity contribution in [3.05, 3.63) is 128 Å². The fourth-order valence-corrected chi connectivity index (χ4v) is 4.69. The number of nitrogens with zero attached hydrogens (tertiary/aromatic N) is 3. The molecule has 189 valence electrons. The van der Waals surface area contributed by atoms with E-state index in [2.05, 4.69) is 51.4 Å². The Bertz CT molecular complexity index is 1980. The standard InChI is InChI=1S/C22H11N2O2.C11H8N.Ir/c1-2-6-14-13(5-1)8-9-15-19-20-18(25-12-24-20)11-16(22(19)26-21(14)15)17-7-3-4-10-23-17;1-2-6-10(7-3-1)11-8-4-5-9-12-11;/h1-10,12H;1-6,8-9H;/q2*-1;. The van der Waals surface area contributed by atoms with Gasteiger partial charge in [0.05, 0.1) is 11.2 Å². The van der Waals surface area contributed by atoms with Crippen molar-refractivity contribution < 1.29 is 28.9 Å². The summed E-state index contributed by atoms with van der Waals surface area (Å²) in [4.78, 5) is 13.1. The minimum absolute atomic E-state index is 0. The maximum Gasteiger partial charge on any atom is 0.170 e. The van der Waals surface area contributed by atoms with Crippen molar-refractivity contribution in [2.45, 2.75) is 0 Å². The number of hydrogen-bond donors (Lipinski definition) is 0. The average molecular weight is 682 g/mol. The van der Waals surface area contributed by atoms with Crippen LogP contribution in [0.5, 0.6) is 0 Å². The monoisotopic (exact) mass is 682 g/mol. The Labute approximate surface area is 237 Å². The maximum absolute atomic E-state index is 6.38. The van der Waals surface area contributed by atoms with Gasteiger partial charge in [-0.05, 0) is 34.3 Å². The van der Waals surface area contributed by atoms with Gasteiger partial charge in [0.2, 0.25) is 0 Å². The molecule has 0 atom stereocenters. The van der Waals surface area contributed by atoms with Crippen LogP contribution in [0.3, 0.4) is 0 Å². The van der Waals surface area contributed by atoms with Crippen LogP contribution in [0.4, 0.5) is 0 Å². The molecule has 0 aliphatic heterocycles. The molecule has 0 spiro atoms. The van der Waals surface area contributed by atoms with Gasteiger partial charge < -0.3 is 18.8 Å². The molecule has 0 aliphatic rings. The smallest absolute Gasteiger partial charge is 0.170 e. The predicted molar refractivity (Wildman–Crippen MR) is 149 cm³/mol. The summed E-state index contributed by atoms with van der Waals surface area (Å²) < 4.78 is 11.9. The van der Waals surface area contributed by atoms with E-state index in [1.54, 1.807) is 12.4 Å². The van der Waals surface area contributed by atoms with Gasteiger partial charge in [-0.3, -0.25) is 4.98 Å². The molecule has 0 unspecified atom stereocenters. The normalized spacial score (nSPS) is 10.9. The Hall–Kier alpha value is -4.64. The fourth-order valence-electron chi connectivity index (χ4n) is 4.69. The summed E-state index contributed by atoms with van der Waals surface area (Å²) in [6, 6.07) is 38.3. The van der Waals surface area contributed by atoms with E-state index in [4.69, 9.17) is 8.83 Å². The molecule has 0 saturated carbocycles. The van der Waals surface area contributed by atoms with E-state index in [9.17, 15) is 0 Å². The number of fused-ring (bicyclic) bond motifs is 7. The van der Waals surface area contributed by atoms with Crippen LogP contribution >= 0.6 is 0 Å². The van der Waals surface area contributed by atoms with Crippen molar-refractivity contribution in [3.63, 3.8) is 0 Å². The van der Waals surface area contributed by atoms with E-state index in [0.29, 0.717) is 5.58 Å². The molecule has 0 fully saturated rings. The summed E-state index contributed by atoms with van der Waals surface area (Å²) in [5, 5.41) is 4.17. The van der Waals surface area contributed by atoms with Gasteiger partial charge in [0.1, 0.15) is 5.58 Å². The second-order valence-corrected chi connectivity index (χ2v) is 8.71. The van der Waals surface area contributed by atoms with Gasteiger partial charge in [0.25, 0.3) is 0 Å². The first-order valence-electron chi connectivity index (χ1n) is 12.2. The van der Waals surface area contributed by atoms with Gasteiger partial charge in [-0.1, -0.05) is 72.3 Å². The minimum Gasteiger partial charge on any atom is -0.500 e. The molecule has 5 nitrogen and oxygen atoms in total. The van der Waals surface area contributed by atoms with Crippen molar-refractivity contribution in [2.24, 2.45) is 0 Å². The van der Waals surface area contributed by atoms with E-state index in [-0.39, 0.29) is 20.1 Å². The van der Waals surface area contributed by atoms with Crippen LogP contribution in [-0.4, -0.2) is 15.0 Å². The van der Waals surface area contributed by atoms with Crippen LogP contribution < -0.4 is 0 Å². The van der Waals surface area contributed by atoms with Crippen molar-refractivity contribution in [1.82, 2.24) is 15.0 Å². The second kappa shape index (κ2) is 10.6. The van der Waals surface area contributed by atoms with Crippen LogP contribution in [0, 0.1) is 12.1 Å². The fraction of sp³-hybridized carbons (Fsp3) is 0. The number of rotatable bonds is 2. The molecular formula is C33H19IrN3O2-2. The molecule has 4 heterocycles. The van der Waals surface area contributed by atoms with E-state index in [1.807, 2.05) is 72.8 Å². The summed E-state index contributed by atoms with van der Waals surface area (Å²) in [7, 11) is 0. The SMILES string of the molecule is [Ir].[c-]1c(-c2ccccn2)c2oc3c4ccccc4ccc3c2c2ncoc12.[c-]1ccccc1-c1ccccn1. The molecule has 0 bridgehead atoms. The number of hydrogen-bond acceptors (Lipinski definition) is 5. The Balaban J connectivity index is 0.000000180. The van der Waals surface area contributed by atoms with Crippen LogP contribution in [0.15, 0.2) is 125 Å². The Kier molecular flexibility index (Phi) is 6.72. The van der Waals surface area contributed by atoms with Gasteiger partial charge in [-0.2, -0.15) is 0 Å². The second-order valence-electron chi connectivity index (χ2n) is 8.71. The predicted octanol–water partition coefficient (Wildman–Crippen LogP) is 8.29. The molecule has 6 heteroatoms. The molecule has 8 rings (SSSR count). The minimum atomic E-state index is 0. The van der Waals surface area contributed by atoms with E-state index >= 15 is 0 Å². The van der Waals surface area contributed by atoms with Crippen LogP contribution in [-0.2, 0) is 20.1 Å². The van der Waals surface area contributed by atoms with Gasteiger partial charge >= 0.3 is 0 Å². The van der Waals surface area contributed by atoms with Crippen molar-refractivity contribution in [2.75, 3.05) is 0 Å². The number of furan rings is 1. The molecule has 0 saturated heterocycles. The number of aromatic nitrogens is 3. The van der Waals surface area contributed by atoms with Crippen molar-refractivity contribution in [1.29, 1.82) is 0 Å². The number of benzene rings is 4. The Morgan fingerprint density at radius 3 is 2.18 bits per heavy atom. The Morgan fingerprint density at radius 1 is 0.641 bits per heavy atom. The third kappa shape index (κ3) is 4.50. The molecule has 0 amide bonds. The zero-order chi connectivity index (χ0) is 25.3. The molecule has 8 aromatic rings. The summed E-state index contributed by atoms with van der Waals surface area (Å²) in [6.45, 7) is 0. The number of oxazole rings is 1. The van der Waals surface area contributed by atoms with E-state index in [1.165, 1.54) is 6.39 Å². The van der Waals surface area contributed by atoms with Gasteiger partial charge in [-0.15, -0.1) is 35.9 Å². The van der Waals surface area contributed by atoms with Crippen molar-refractivity contribution >= 4 is 43.8 Å². The quantitative estimate of drug-likeness (QED) is 0.172. The van der Waals surface area contributed by atoms with Gasteiger partial charge in [-0.25, -0.2) is 0 Å². The maximum atomic E-state index is 6.38. The zero-order valence-corrected chi connectivity index (χ0v) is 22.9. The van der Waals surface area contributed by atoms with Crippen LogP contribution in [0.2, 0.25) is 0 Å². The van der Waals surface area contributed by atoms with Crippen LogP contribution in [0.1, 0.15) is 0 Å². The largest absolute Gasteiger partial charge is 0.500 e. The number of pyridine rings is 2. The molecule has 0 N–H and O–H groups in total. The molecular weight excluding hydrogens is 663 g/mol. The summed E-state index contributed by atoms with van der Waals surface area (Å²) >= 11 is 0. The molecule has 0 aliphatic carbocycles. The van der Waals surface area contributed by atoms with E-state index in [0.717, 1.165) is 60.7 Å². The van der Waals surface area contributed by atoms with Gasteiger partial charge in [0.15, 0.2) is 6.39 Å². The van der Waals surface area contributed by atoms with Gasteiger partial charge in [0, 0.05) is 48.8 Å². The average Bonchev–Trinajstić information content (AvgIpc) is 3.63. The topological polar surface area (TPSA) is 65.0 Å². The Morgan fingerprint density at radius 2 is 1.41 bits per heavy atom. The summed E-state index contributed by atoms with van der Waals surface area (Å²) in [5.41, 5.74) is 6.53.